The lowest BCUT2D eigenvalue weighted by Gasteiger charge is -2.24. The maximum atomic E-state index is 14.2. The first-order valence-electron chi connectivity index (χ1n) is 11.9. The van der Waals surface area contributed by atoms with E-state index in [4.69, 9.17) is 4.74 Å². The summed E-state index contributed by atoms with van der Waals surface area (Å²) in [6.07, 6.45) is 4.95. The van der Waals surface area contributed by atoms with Crippen LogP contribution in [0.1, 0.15) is 47.3 Å². The number of imidazole rings is 1. The lowest BCUT2D eigenvalue weighted by atomic mass is 10.2. The zero-order chi connectivity index (χ0) is 24.4. The first-order valence-corrected chi connectivity index (χ1v) is 13.6. The minimum absolute atomic E-state index is 0.0891. The number of carbonyl (C=O) groups excluding carboxylic acids is 1. The van der Waals surface area contributed by atoms with Gasteiger partial charge in [0.05, 0.1) is 36.8 Å². The van der Waals surface area contributed by atoms with Crippen molar-refractivity contribution in [2.75, 3.05) is 6.61 Å². The molecule has 1 aromatic heterocycles. The van der Waals surface area contributed by atoms with E-state index in [1.807, 2.05) is 18.2 Å². The molecule has 2 fully saturated rings. The van der Waals surface area contributed by atoms with Crippen molar-refractivity contribution in [1.82, 2.24) is 14.5 Å². The van der Waals surface area contributed by atoms with Crippen LogP contribution in [-0.4, -0.2) is 47.5 Å². The van der Waals surface area contributed by atoms with Crippen LogP contribution < -0.4 is 0 Å². The number of amides is 1. The molecule has 2 aromatic carbocycles. The van der Waals surface area contributed by atoms with E-state index in [0.29, 0.717) is 24.4 Å². The Morgan fingerprint density at radius 2 is 1.83 bits per heavy atom. The van der Waals surface area contributed by atoms with E-state index >= 15 is 0 Å². The molecule has 0 N–H and O–H groups in total. The van der Waals surface area contributed by atoms with E-state index in [1.165, 1.54) is 24.4 Å². The number of nitrogens with zero attached hydrogens (tertiary/aromatic N) is 3. The Labute approximate surface area is 204 Å². The topological polar surface area (TPSA) is 81.5 Å². The standard InChI is InChI=1S/C26H28FN3O4S/c27-24-11-5-4-9-20(24)18-35(32,33)26-28-15-22(30(26)17-23-10-6-14-34-23)16-29(21-12-13-21)25(31)19-7-2-1-3-8-19/h1-5,7-9,11,15,21,23H,6,10,12-14,16-18H2/t23-/m0/s1. The molecule has 1 atom stereocenters. The number of hydrogen-bond donors (Lipinski definition) is 0. The molecule has 1 aliphatic heterocycles. The van der Waals surface area contributed by atoms with Crippen LogP contribution in [0.25, 0.3) is 0 Å². The molecule has 1 saturated carbocycles. The van der Waals surface area contributed by atoms with Gasteiger partial charge < -0.3 is 14.2 Å². The smallest absolute Gasteiger partial charge is 0.254 e. The third-order valence-electron chi connectivity index (χ3n) is 6.49. The summed E-state index contributed by atoms with van der Waals surface area (Å²) in [7, 11) is -3.95. The number of halogens is 1. The Hall–Kier alpha value is -3.04. The minimum atomic E-state index is -3.95. The van der Waals surface area contributed by atoms with E-state index in [-0.39, 0.29) is 35.3 Å². The van der Waals surface area contributed by atoms with E-state index < -0.39 is 21.4 Å². The predicted octanol–water partition coefficient (Wildman–Crippen LogP) is 3.98. The summed E-state index contributed by atoms with van der Waals surface area (Å²) >= 11 is 0. The van der Waals surface area contributed by atoms with E-state index in [0.717, 1.165) is 25.7 Å². The summed E-state index contributed by atoms with van der Waals surface area (Å²) in [5, 5.41) is -0.117. The van der Waals surface area contributed by atoms with Crippen molar-refractivity contribution in [1.29, 1.82) is 0 Å². The fraction of sp³-hybridized carbons (Fsp3) is 0.385. The molecule has 0 spiro atoms. The van der Waals surface area contributed by atoms with Gasteiger partial charge in [0.25, 0.3) is 5.91 Å². The SMILES string of the molecule is O=C(c1ccccc1)N(Cc1cnc(S(=O)(=O)Cc2ccccc2F)n1C[C@@H]1CCCO1)C1CC1. The van der Waals surface area contributed by atoms with Crippen LogP contribution in [0, 0.1) is 5.82 Å². The van der Waals surface area contributed by atoms with Gasteiger partial charge >= 0.3 is 0 Å². The van der Waals surface area contributed by atoms with Crippen LogP contribution in [0.2, 0.25) is 0 Å². The second-order valence-electron chi connectivity index (χ2n) is 9.16. The molecule has 2 heterocycles. The van der Waals surface area contributed by atoms with Crippen LogP contribution >= 0.6 is 0 Å². The normalized spacial score (nSPS) is 18.0. The van der Waals surface area contributed by atoms with Crippen LogP contribution in [0.15, 0.2) is 66.0 Å². The van der Waals surface area contributed by atoms with Gasteiger partial charge in [-0.15, -0.1) is 0 Å². The van der Waals surface area contributed by atoms with Crippen molar-refractivity contribution < 1.29 is 22.3 Å². The maximum absolute atomic E-state index is 14.2. The second-order valence-corrected chi connectivity index (χ2v) is 11.0. The zero-order valence-corrected chi connectivity index (χ0v) is 20.2. The highest BCUT2D eigenvalue weighted by Crippen LogP contribution is 2.31. The highest BCUT2D eigenvalue weighted by Gasteiger charge is 2.35. The molecule has 7 nitrogen and oxygen atoms in total. The fourth-order valence-corrected chi connectivity index (χ4v) is 6.03. The third kappa shape index (κ3) is 5.31. The molecule has 1 amide bonds. The van der Waals surface area contributed by atoms with E-state index in [2.05, 4.69) is 4.98 Å². The molecule has 0 radical (unpaired) electrons. The summed E-state index contributed by atoms with van der Waals surface area (Å²) < 4.78 is 48.4. The highest BCUT2D eigenvalue weighted by atomic mass is 32.2. The largest absolute Gasteiger partial charge is 0.376 e. The highest BCUT2D eigenvalue weighted by molar-refractivity contribution is 7.90. The molecule has 3 aromatic rings. The third-order valence-corrected chi connectivity index (χ3v) is 8.07. The number of benzene rings is 2. The molecule has 9 heteroatoms. The summed E-state index contributed by atoms with van der Waals surface area (Å²) in [4.78, 5) is 19.4. The molecule has 1 aliphatic carbocycles. The van der Waals surface area contributed by atoms with Gasteiger partial charge in [0.2, 0.25) is 15.0 Å². The fourth-order valence-electron chi connectivity index (χ4n) is 4.51. The maximum Gasteiger partial charge on any atom is 0.254 e. The van der Waals surface area contributed by atoms with Gasteiger partial charge in [0.1, 0.15) is 5.82 Å². The van der Waals surface area contributed by atoms with Gasteiger partial charge in [-0.3, -0.25) is 4.79 Å². The van der Waals surface area contributed by atoms with Crippen LogP contribution in [0.5, 0.6) is 0 Å². The summed E-state index contributed by atoms with van der Waals surface area (Å²) in [5.74, 6) is -1.15. The molecular formula is C26H28FN3O4S. The quantitative estimate of drug-likeness (QED) is 0.447. The average Bonchev–Trinajstić information content (AvgIpc) is 3.41. The van der Waals surface area contributed by atoms with Gasteiger partial charge in [-0.2, -0.15) is 0 Å². The molecular weight excluding hydrogens is 469 g/mol. The summed E-state index contributed by atoms with van der Waals surface area (Å²) in [6, 6.07) is 15.1. The van der Waals surface area contributed by atoms with Crippen molar-refractivity contribution in [3.8, 4) is 0 Å². The Morgan fingerprint density at radius 1 is 1.09 bits per heavy atom. The molecule has 184 valence electrons. The number of sulfone groups is 1. The van der Waals surface area contributed by atoms with Crippen LogP contribution in [-0.2, 0) is 33.4 Å². The molecule has 2 aliphatic rings. The molecule has 5 rings (SSSR count). The summed E-state index contributed by atoms with van der Waals surface area (Å²) in [6.45, 7) is 1.19. The lowest BCUT2D eigenvalue weighted by molar-refractivity contribution is 0.0718. The van der Waals surface area contributed by atoms with Gasteiger partial charge in [-0.1, -0.05) is 36.4 Å². The second kappa shape index (κ2) is 9.91. The van der Waals surface area contributed by atoms with Crippen LogP contribution in [0.3, 0.4) is 0 Å². The Morgan fingerprint density at radius 3 is 2.51 bits per heavy atom. The number of hydrogen-bond acceptors (Lipinski definition) is 5. The first kappa shape index (κ1) is 23.7. The summed E-state index contributed by atoms with van der Waals surface area (Å²) in [5.41, 5.74) is 1.32. The Balaban J connectivity index is 1.47. The molecule has 0 bridgehead atoms. The predicted molar refractivity (Wildman–Crippen MR) is 128 cm³/mol. The van der Waals surface area contributed by atoms with E-state index in [1.54, 1.807) is 27.7 Å². The first-order chi connectivity index (χ1) is 16.9. The van der Waals surface area contributed by atoms with Crippen molar-refractivity contribution in [3.05, 3.63) is 83.4 Å². The number of rotatable bonds is 9. The van der Waals surface area contributed by atoms with Gasteiger partial charge in [0, 0.05) is 23.8 Å². The molecule has 0 unspecified atom stereocenters. The van der Waals surface area contributed by atoms with Gasteiger partial charge in [-0.25, -0.2) is 17.8 Å². The lowest BCUT2D eigenvalue weighted by Crippen LogP contribution is -2.34. The average molecular weight is 498 g/mol. The molecule has 1 saturated heterocycles. The Kier molecular flexibility index (Phi) is 6.71. The van der Waals surface area contributed by atoms with Crippen LogP contribution in [0.4, 0.5) is 4.39 Å². The van der Waals surface area contributed by atoms with Crippen molar-refractivity contribution in [3.63, 3.8) is 0 Å². The van der Waals surface area contributed by atoms with Gasteiger partial charge in [0.15, 0.2) is 0 Å². The monoisotopic (exact) mass is 497 g/mol. The Bertz CT molecular complexity index is 1300. The zero-order valence-electron chi connectivity index (χ0n) is 19.3. The van der Waals surface area contributed by atoms with Crippen molar-refractivity contribution in [2.24, 2.45) is 0 Å². The minimum Gasteiger partial charge on any atom is -0.376 e. The molecule has 35 heavy (non-hydrogen) atoms. The van der Waals surface area contributed by atoms with Crippen molar-refractivity contribution >= 4 is 15.7 Å². The number of ether oxygens (including phenoxy) is 1. The van der Waals surface area contributed by atoms with Crippen molar-refractivity contribution in [2.45, 2.75) is 61.8 Å². The number of aromatic nitrogens is 2. The van der Waals surface area contributed by atoms with Gasteiger partial charge in [-0.05, 0) is 43.9 Å². The van der Waals surface area contributed by atoms with E-state index in [9.17, 15) is 17.6 Å². The number of carbonyl (C=O) groups is 1.